The summed E-state index contributed by atoms with van der Waals surface area (Å²) in [5, 5.41) is 3.19. The summed E-state index contributed by atoms with van der Waals surface area (Å²) in [6.45, 7) is 2.37. The Balaban J connectivity index is 1.83. The van der Waals surface area contributed by atoms with Crippen LogP contribution in [0.1, 0.15) is 51.4 Å². The van der Waals surface area contributed by atoms with Crippen LogP contribution in [0.25, 0.3) is 0 Å². The van der Waals surface area contributed by atoms with Crippen LogP contribution in [0.3, 0.4) is 0 Å². The van der Waals surface area contributed by atoms with Gasteiger partial charge in [-0.1, -0.05) is 25.7 Å². The molecular formula is C16H30N2O2. The average Bonchev–Trinajstić information content (AvgIpc) is 2.79. The molecule has 2 fully saturated rings. The molecule has 2 rings (SSSR count). The SMILES string of the molecule is CN(C)C1(CNC(=O)C[C@H]2CCOC2)CCCCCC1. The number of nitrogens with zero attached hydrogens (tertiary/aromatic N) is 1. The first-order valence-corrected chi connectivity index (χ1v) is 8.14. The Bertz CT molecular complexity index is 304. The lowest BCUT2D eigenvalue weighted by molar-refractivity contribution is -0.122. The van der Waals surface area contributed by atoms with Crippen molar-refractivity contribution in [2.24, 2.45) is 5.92 Å². The maximum atomic E-state index is 12.1. The fourth-order valence-corrected chi connectivity index (χ4v) is 3.51. The van der Waals surface area contributed by atoms with Crippen molar-refractivity contribution in [2.45, 2.75) is 56.9 Å². The Morgan fingerprint density at radius 1 is 1.25 bits per heavy atom. The first-order valence-electron chi connectivity index (χ1n) is 8.14. The van der Waals surface area contributed by atoms with Gasteiger partial charge in [-0.25, -0.2) is 0 Å². The number of carbonyl (C=O) groups excluding carboxylic acids is 1. The Hall–Kier alpha value is -0.610. The zero-order chi connectivity index (χ0) is 14.4. The van der Waals surface area contributed by atoms with E-state index in [0.29, 0.717) is 12.3 Å². The van der Waals surface area contributed by atoms with E-state index in [1.807, 2.05) is 0 Å². The molecule has 0 bridgehead atoms. The second kappa shape index (κ2) is 7.41. The van der Waals surface area contributed by atoms with Gasteiger partial charge in [0.2, 0.25) is 5.91 Å². The van der Waals surface area contributed by atoms with E-state index in [9.17, 15) is 4.79 Å². The minimum absolute atomic E-state index is 0.165. The van der Waals surface area contributed by atoms with E-state index >= 15 is 0 Å². The lowest BCUT2D eigenvalue weighted by Crippen LogP contribution is -2.52. The molecular weight excluding hydrogens is 252 g/mol. The molecule has 1 amide bonds. The fraction of sp³-hybridized carbons (Fsp3) is 0.938. The van der Waals surface area contributed by atoms with Crippen LogP contribution in [0.5, 0.6) is 0 Å². The number of rotatable bonds is 5. The van der Waals surface area contributed by atoms with Crippen molar-refractivity contribution >= 4 is 5.91 Å². The lowest BCUT2D eigenvalue weighted by atomic mass is 9.88. The second-order valence-corrected chi connectivity index (χ2v) is 6.74. The second-order valence-electron chi connectivity index (χ2n) is 6.74. The maximum absolute atomic E-state index is 12.1. The van der Waals surface area contributed by atoms with E-state index in [0.717, 1.165) is 26.2 Å². The molecule has 1 atom stereocenters. The summed E-state index contributed by atoms with van der Waals surface area (Å²) >= 11 is 0. The van der Waals surface area contributed by atoms with Gasteiger partial charge in [0.15, 0.2) is 0 Å². The van der Waals surface area contributed by atoms with Crippen molar-refractivity contribution in [1.29, 1.82) is 0 Å². The molecule has 2 aliphatic rings. The largest absolute Gasteiger partial charge is 0.381 e. The Kier molecular flexibility index (Phi) is 5.85. The molecule has 0 aromatic heterocycles. The number of carbonyl (C=O) groups is 1. The van der Waals surface area contributed by atoms with Gasteiger partial charge in [-0.3, -0.25) is 4.79 Å². The van der Waals surface area contributed by atoms with Gasteiger partial charge in [0.25, 0.3) is 0 Å². The zero-order valence-electron chi connectivity index (χ0n) is 13.1. The van der Waals surface area contributed by atoms with Gasteiger partial charge in [0.05, 0.1) is 0 Å². The van der Waals surface area contributed by atoms with E-state index in [1.165, 1.54) is 38.5 Å². The van der Waals surface area contributed by atoms with Crippen molar-refractivity contribution in [1.82, 2.24) is 10.2 Å². The molecule has 1 saturated carbocycles. The molecule has 4 heteroatoms. The van der Waals surface area contributed by atoms with E-state index in [1.54, 1.807) is 0 Å². The molecule has 0 aromatic rings. The Morgan fingerprint density at radius 2 is 1.95 bits per heavy atom. The highest BCUT2D eigenvalue weighted by Gasteiger charge is 2.33. The van der Waals surface area contributed by atoms with Gasteiger partial charge in [-0.15, -0.1) is 0 Å². The van der Waals surface area contributed by atoms with Crippen molar-refractivity contribution in [3.05, 3.63) is 0 Å². The molecule has 4 nitrogen and oxygen atoms in total. The van der Waals surface area contributed by atoms with Gasteiger partial charge >= 0.3 is 0 Å². The smallest absolute Gasteiger partial charge is 0.220 e. The Labute approximate surface area is 123 Å². The van der Waals surface area contributed by atoms with Crippen LogP contribution >= 0.6 is 0 Å². The minimum atomic E-state index is 0.165. The number of ether oxygens (including phenoxy) is 1. The van der Waals surface area contributed by atoms with Crippen molar-refractivity contribution in [3.8, 4) is 0 Å². The molecule has 0 radical (unpaired) electrons. The minimum Gasteiger partial charge on any atom is -0.381 e. The van der Waals surface area contributed by atoms with Crippen LogP contribution in [0.2, 0.25) is 0 Å². The maximum Gasteiger partial charge on any atom is 0.220 e. The molecule has 0 unspecified atom stereocenters. The molecule has 0 spiro atoms. The number of hydrogen-bond acceptors (Lipinski definition) is 3. The fourth-order valence-electron chi connectivity index (χ4n) is 3.51. The van der Waals surface area contributed by atoms with E-state index in [4.69, 9.17) is 4.74 Å². The molecule has 1 aliphatic carbocycles. The first-order chi connectivity index (χ1) is 9.62. The summed E-state index contributed by atoms with van der Waals surface area (Å²) in [7, 11) is 4.31. The van der Waals surface area contributed by atoms with Crippen LogP contribution in [0, 0.1) is 5.92 Å². The van der Waals surface area contributed by atoms with Crippen LogP contribution < -0.4 is 5.32 Å². The number of hydrogen-bond donors (Lipinski definition) is 1. The summed E-state index contributed by atoms with van der Waals surface area (Å²) in [6, 6.07) is 0. The highest BCUT2D eigenvalue weighted by atomic mass is 16.5. The highest BCUT2D eigenvalue weighted by molar-refractivity contribution is 5.76. The number of nitrogens with one attached hydrogen (secondary N) is 1. The standard InChI is InChI=1S/C16H30N2O2/c1-18(2)16(8-5-3-4-6-9-16)13-17-15(19)11-14-7-10-20-12-14/h14H,3-13H2,1-2H3,(H,17,19)/t14-/m1/s1. The van der Waals surface area contributed by atoms with Crippen LogP contribution in [0.15, 0.2) is 0 Å². The number of amides is 1. The predicted molar refractivity (Wildman–Crippen MR) is 80.7 cm³/mol. The van der Waals surface area contributed by atoms with Gasteiger partial charge in [0.1, 0.15) is 0 Å². The quantitative estimate of drug-likeness (QED) is 0.786. The normalized spacial score (nSPS) is 26.4. The topological polar surface area (TPSA) is 41.6 Å². The number of likely N-dealkylation sites (N-methyl/N-ethyl adjacent to an activating group) is 1. The van der Waals surface area contributed by atoms with Gasteiger partial charge in [-0.05, 0) is 39.3 Å². The van der Waals surface area contributed by atoms with Gasteiger partial charge in [-0.2, -0.15) is 0 Å². The van der Waals surface area contributed by atoms with Gasteiger partial charge < -0.3 is 15.0 Å². The summed E-state index contributed by atoms with van der Waals surface area (Å²) in [6.07, 6.45) is 9.30. The first kappa shape index (κ1) is 15.8. The van der Waals surface area contributed by atoms with Crippen molar-refractivity contribution < 1.29 is 9.53 Å². The highest BCUT2D eigenvalue weighted by Crippen LogP contribution is 2.30. The van der Waals surface area contributed by atoms with Crippen LogP contribution in [-0.2, 0) is 9.53 Å². The molecule has 1 heterocycles. The van der Waals surface area contributed by atoms with E-state index in [-0.39, 0.29) is 11.4 Å². The molecule has 116 valence electrons. The predicted octanol–water partition coefficient (Wildman–Crippen LogP) is 2.18. The summed E-state index contributed by atoms with van der Waals surface area (Å²) in [5.74, 6) is 0.630. The molecule has 0 aromatic carbocycles. The summed E-state index contributed by atoms with van der Waals surface area (Å²) in [4.78, 5) is 14.4. The third kappa shape index (κ3) is 4.19. The summed E-state index contributed by atoms with van der Waals surface area (Å²) < 4.78 is 5.34. The monoisotopic (exact) mass is 282 g/mol. The van der Waals surface area contributed by atoms with E-state index in [2.05, 4.69) is 24.3 Å². The molecule has 1 aliphatic heterocycles. The van der Waals surface area contributed by atoms with Crippen molar-refractivity contribution in [3.63, 3.8) is 0 Å². The molecule has 1 saturated heterocycles. The van der Waals surface area contributed by atoms with Crippen LogP contribution in [0.4, 0.5) is 0 Å². The Morgan fingerprint density at radius 3 is 2.50 bits per heavy atom. The third-order valence-electron chi connectivity index (χ3n) is 5.10. The van der Waals surface area contributed by atoms with Crippen molar-refractivity contribution in [2.75, 3.05) is 33.9 Å². The summed E-state index contributed by atoms with van der Waals surface area (Å²) in [5.41, 5.74) is 0.165. The zero-order valence-corrected chi connectivity index (χ0v) is 13.1. The molecule has 1 N–H and O–H groups in total. The third-order valence-corrected chi connectivity index (χ3v) is 5.10. The lowest BCUT2D eigenvalue weighted by Gasteiger charge is -2.39. The molecule has 20 heavy (non-hydrogen) atoms. The van der Waals surface area contributed by atoms with Crippen LogP contribution in [-0.4, -0.2) is 50.2 Å². The average molecular weight is 282 g/mol. The van der Waals surface area contributed by atoms with Gasteiger partial charge in [0, 0.05) is 31.7 Å². The van der Waals surface area contributed by atoms with E-state index < -0.39 is 0 Å².